The van der Waals surface area contributed by atoms with Crippen molar-refractivity contribution >= 4 is 17.1 Å². The van der Waals surface area contributed by atoms with Gasteiger partial charge in [0.25, 0.3) is 0 Å². The molecule has 2 aromatic heterocycles. The number of fused-ring (bicyclic) bond motifs is 1. The molecular formula is C13H16ClN3. The maximum absolute atomic E-state index is 5.99. The third-order valence-corrected chi connectivity index (χ3v) is 3.75. The SMILES string of the molecule is CN1CCCC(c2ncc3cc(Cl)ccn23)C1. The van der Waals surface area contributed by atoms with E-state index in [1.807, 2.05) is 24.5 Å². The Morgan fingerprint density at radius 1 is 1.47 bits per heavy atom. The minimum atomic E-state index is 0.539. The number of piperidine rings is 1. The van der Waals surface area contributed by atoms with Crippen LogP contribution in [0.1, 0.15) is 24.6 Å². The molecule has 0 bridgehead atoms. The van der Waals surface area contributed by atoms with Crippen LogP contribution in [0.3, 0.4) is 0 Å². The van der Waals surface area contributed by atoms with Gasteiger partial charge in [0.1, 0.15) is 5.82 Å². The molecule has 1 unspecified atom stereocenters. The number of likely N-dealkylation sites (tertiary alicyclic amines) is 1. The Balaban J connectivity index is 1.99. The highest BCUT2D eigenvalue weighted by Gasteiger charge is 2.22. The first-order chi connectivity index (χ1) is 8.24. The van der Waals surface area contributed by atoms with Crippen LogP contribution < -0.4 is 0 Å². The van der Waals surface area contributed by atoms with Gasteiger partial charge >= 0.3 is 0 Å². The molecule has 0 radical (unpaired) electrons. The second kappa shape index (κ2) is 4.31. The van der Waals surface area contributed by atoms with E-state index in [1.54, 1.807) is 0 Å². The summed E-state index contributed by atoms with van der Waals surface area (Å²) >= 11 is 5.99. The van der Waals surface area contributed by atoms with Gasteiger partial charge in [0.2, 0.25) is 0 Å². The molecule has 90 valence electrons. The average molecular weight is 250 g/mol. The number of hydrogen-bond acceptors (Lipinski definition) is 2. The van der Waals surface area contributed by atoms with E-state index in [0.29, 0.717) is 5.92 Å². The van der Waals surface area contributed by atoms with Crippen LogP contribution >= 0.6 is 11.6 Å². The van der Waals surface area contributed by atoms with Crippen molar-refractivity contribution in [1.29, 1.82) is 0 Å². The van der Waals surface area contributed by atoms with Crippen LogP contribution in [0.5, 0.6) is 0 Å². The van der Waals surface area contributed by atoms with Crippen LogP contribution in [0.2, 0.25) is 5.02 Å². The molecule has 1 fully saturated rings. The molecule has 3 heterocycles. The van der Waals surface area contributed by atoms with Crippen molar-refractivity contribution < 1.29 is 0 Å². The Kier molecular flexibility index (Phi) is 2.81. The van der Waals surface area contributed by atoms with Crippen LogP contribution in [0.4, 0.5) is 0 Å². The topological polar surface area (TPSA) is 20.5 Å². The van der Waals surface area contributed by atoms with E-state index < -0.39 is 0 Å². The van der Waals surface area contributed by atoms with Crippen molar-refractivity contribution in [1.82, 2.24) is 14.3 Å². The lowest BCUT2D eigenvalue weighted by atomic mass is 9.98. The predicted molar refractivity (Wildman–Crippen MR) is 69.7 cm³/mol. The van der Waals surface area contributed by atoms with Crippen molar-refractivity contribution in [2.45, 2.75) is 18.8 Å². The fourth-order valence-electron chi connectivity index (χ4n) is 2.67. The molecule has 2 aromatic rings. The monoisotopic (exact) mass is 249 g/mol. The zero-order chi connectivity index (χ0) is 11.8. The van der Waals surface area contributed by atoms with Gasteiger partial charge in [-0.05, 0) is 38.6 Å². The first-order valence-electron chi connectivity index (χ1n) is 6.05. The highest BCUT2D eigenvalue weighted by Crippen LogP contribution is 2.26. The lowest BCUT2D eigenvalue weighted by Gasteiger charge is -2.28. The molecule has 0 N–H and O–H groups in total. The number of pyridine rings is 1. The van der Waals surface area contributed by atoms with Gasteiger partial charge in [0, 0.05) is 23.7 Å². The average Bonchev–Trinajstić information content (AvgIpc) is 2.71. The summed E-state index contributed by atoms with van der Waals surface area (Å²) in [5.74, 6) is 1.71. The Morgan fingerprint density at radius 3 is 3.18 bits per heavy atom. The maximum atomic E-state index is 5.99. The van der Waals surface area contributed by atoms with Gasteiger partial charge < -0.3 is 9.30 Å². The van der Waals surface area contributed by atoms with Crippen molar-refractivity contribution in [2.24, 2.45) is 0 Å². The standard InChI is InChI=1S/C13H16ClN3/c1-16-5-2-3-10(9-16)13-15-8-12-7-11(14)4-6-17(12)13/h4,6-8,10H,2-3,5,9H2,1H3. The summed E-state index contributed by atoms with van der Waals surface area (Å²) in [4.78, 5) is 6.95. The quantitative estimate of drug-likeness (QED) is 0.775. The zero-order valence-electron chi connectivity index (χ0n) is 9.93. The third kappa shape index (κ3) is 2.05. The van der Waals surface area contributed by atoms with Gasteiger partial charge in [-0.1, -0.05) is 11.6 Å². The molecule has 1 aliphatic heterocycles. The molecule has 1 saturated heterocycles. The summed E-state index contributed by atoms with van der Waals surface area (Å²) in [5.41, 5.74) is 1.08. The van der Waals surface area contributed by atoms with Crippen molar-refractivity contribution in [3.05, 3.63) is 35.4 Å². The van der Waals surface area contributed by atoms with Crippen LogP contribution in [0.15, 0.2) is 24.5 Å². The van der Waals surface area contributed by atoms with Gasteiger partial charge in [-0.25, -0.2) is 4.98 Å². The van der Waals surface area contributed by atoms with E-state index in [-0.39, 0.29) is 0 Å². The van der Waals surface area contributed by atoms with E-state index in [4.69, 9.17) is 11.6 Å². The Labute approximate surface area is 106 Å². The van der Waals surface area contributed by atoms with Crippen LogP contribution in [-0.2, 0) is 0 Å². The lowest BCUT2D eigenvalue weighted by Crippen LogP contribution is -2.31. The summed E-state index contributed by atoms with van der Waals surface area (Å²) in [6.07, 6.45) is 6.42. The van der Waals surface area contributed by atoms with E-state index in [2.05, 4.69) is 21.3 Å². The fourth-order valence-corrected chi connectivity index (χ4v) is 2.84. The van der Waals surface area contributed by atoms with Gasteiger partial charge in [-0.3, -0.25) is 0 Å². The van der Waals surface area contributed by atoms with Gasteiger partial charge in [-0.2, -0.15) is 0 Å². The molecule has 0 aliphatic carbocycles. The summed E-state index contributed by atoms with van der Waals surface area (Å²) in [5, 5.41) is 0.768. The molecule has 3 rings (SSSR count). The number of hydrogen-bond donors (Lipinski definition) is 0. The molecule has 1 atom stereocenters. The Morgan fingerprint density at radius 2 is 2.35 bits per heavy atom. The molecule has 0 aromatic carbocycles. The Bertz CT molecular complexity index is 534. The van der Waals surface area contributed by atoms with Crippen LogP contribution in [0.25, 0.3) is 5.52 Å². The summed E-state index contributed by atoms with van der Waals surface area (Å²) in [6.45, 7) is 2.30. The minimum Gasteiger partial charge on any atom is -0.306 e. The highest BCUT2D eigenvalue weighted by atomic mass is 35.5. The second-order valence-electron chi connectivity index (χ2n) is 4.86. The van der Waals surface area contributed by atoms with E-state index in [1.165, 1.54) is 25.2 Å². The number of rotatable bonds is 1. The van der Waals surface area contributed by atoms with E-state index >= 15 is 0 Å². The number of imidazole rings is 1. The van der Waals surface area contributed by atoms with Crippen LogP contribution in [0, 0.1) is 0 Å². The highest BCUT2D eigenvalue weighted by molar-refractivity contribution is 6.30. The molecule has 0 spiro atoms. The lowest BCUT2D eigenvalue weighted by molar-refractivity contribution is 0.245. The largest absolute Gasteiger partial charge is 0.306 e. The fraction of sp³-hybridized carbons (Fsp3) is 0.462. The number of likely N-dealkylation sites (N-methyl/N-ethyl adjacent to an activating group) is 1. The smallest absolute Gasteiger partial charge is 0.117 e. The Hall–Kier alpha value is -1.06. The molecule has 0 saturated carbocycles. The molecule has 17 heavy (non-hydrogen) atoms. The molecule has 0 amide bonds. The number of aromatic nitrogens is 2. The van der Waals surface area contributed by atoms with E-state index in [0.717, 1.165) is 17.1 Å². The van der Waals surface area contributed by atoms with Crippen molar-refractivity contribution in [3.8, 4) is 0 Å². The zero-order valence-corrected chi connectivity index (χ0v) is 10.7. The van der Waals surface area contributed by atoms with Crippen molar-refractivity contribution in [3.63, 3.8) is 0 Å². The summed E-state index contributed by atoms with van der Waals surface area (Å²) in [6, 6.07) is 3.89. The molecule has 4 heteroatoms. The minimum absolute atomic E-state index is 0.539. The normalized spacial score (nSPS) is 22.1. The van der Waals surface area contributed by atoms with E-state index in [9.17, 15) is 0 Å². The summed E-state index contributed by atoms with van der Waals surface area (Å²) in [7, 11) is 2.18. The molecular weight excluding hydrogens is 234 g/mol. The van der Waals surface area contributed by atoms with Gasteiger partial charge in [-0.15, -0.1) is 0 Å². The first kappa shape index (κ1) is 11.1. The number of nitrogens with zero attached hydrogens (tertiary/aromatic N) is 3. The summed E-state index contributed by atoms with van der Waals surface area (Å²) < 4.78 is 2.16. The third-order valence-electron chi connectivity index (χ3n) is 3.51. The van der Waals surface area contributed by atoms with Gasteiger partial charge in [0.05, 0.1) is 11.7 Å². The second-order valence-corrected chi connectivity index (χ2v) is 5.29. The first-order valence-corrected chi connectivity index (χ1v) is 6.43. The van der Waals surface area contributed by atoms with Gasteiger partial charge in [0.15, 0.2) is 0 Å². The molecule has 1 aliphatic rings. The predicted octanol–water partition coefficient (Wildman–Crippen LogP) is 2.80. The van der Waals surface area contributed by atoms with Crippen LogP contribution in [-0.4, -0.2) is 34.4 Å². The molecule has 3 nitrogen and oxygen atoms in total. The number of halogens is 1. The maximum Gasteiger partial charge on any atom is 0.117 e. The van der Waals surface area contributed by atoms with Crippen molar-refractivity contribution in [2.75, 3.05) is 20.1 Å².